The van der Waals surface area contributed by atoms with Crippen LogP contribution < -0.4 is 5.32 Å². The van der Waals surface area contributed by atoms with Crippen molar-refractivity contribution in [2.45, 2.75) is 24.8 Å². The minimum Gasteiger partial charge on any atom is -0.316 e. The molecule has 0 radical (unpaired) electrons. The van der Waals surface area contributed by atoms with Crippen LogP contribution in [0, 0.1) is 11.8 Å². The zero-order valence-electron chi connectivity index (χ0n) is 9.34. The maximum absolute atomic E-state index is 3.16. The Morgan fingerprint density at radius 3 is 3.00 bits per heavy atom. The molecule has 1 rings (SSSR count). The predicted octanol–water partition coefficient (Wildman–Crippen LogP) is 2.91. The van der Waals surface area contributed by atoms with Crippen molar-refractivity contribution in [3.63, 3.8) is 0 Å². The lowest BCUT2D eigenvalue weighted by Crippen LogP contribution is -2.04. The van der Waals surface area contributed by atoms with Gasteiger partial charge in [-0.05, 0) is 31.7 Å². The van der Waals surface area contributed by atoms with Crippen molar-refractivity contribution in [3.05, 3.63) is 29.8 Å². The van der Waals surface area contributed by atoms with Crippen LogP contribution in [0.25, 0.3) is 0 Å². The molecule has 0 aliphatic carbocycles. The molecule has 1 N–H and O–H groups in total. The van der Waals surface area contributed by atoms with Crippen molar-refractivity contribution in [1.29, 1.82) is 0 Å². The molecule has 1 aromatic rings. The van der Waals surface area contributed by atoms with Gasteiger partial charge in [-0.15, -0.1) is 23.6 Å². The Bertz CT molecular complexity index is 349. The van der Waals surface area contributed by atoms with Crippen LogP contribution in [0.2, 0.25) is 0 Å². The molecule has 0 aliphatic rings. The summed E-state index contributed by atoms with van der Waals surface area (Å²) in [7, 11) is 1.97. The number of rotatable bonds is 5. The summed E-state index contributed by atoms with van der Waals surface area (Å²) in [5, 5.41) is 3.16. The summed E-state index contributed by atoms with van der Waals surface area (Å²) in [5.74, 6) is 7.06. The van der Waals surface area contributed by atoms with Crippen molar-refractivity contribution < 1.29 is 0 Å². The van der Waals surface area contributed by atoms with E-state index in [0.29, 0.717) is 0 Å². The molecule has 0 atom stereocenters. The molecule has 15 heavy (non-hydrogen) atoms. The summed E-state index contributed by atoms with van der Waals surface area (Å²) >= 11 is 1.87. The number of hydrogen-bond acceptors (Lipinski definition) is 2. The molecule has 0 unspecified atom stereocenters. The second-order valence-corrected chi connectivity index (χ2v) is 4.37. The molecule has 0 fully saturated rings. The number of thioether (sulfide) groups is 1. The first kappa shape index (κ1) is 12.2. The molecule has 0 spiro atoms. The molecule has 0 saturated heterocycles. The highest BCUT2D eigenvalue weighted by Crippen LogP contribution is 2.19. The number of hydrogen-bond donors (Lipinski definition) is 1. The van der Waals surface area contributed by atoms with Crippen molar-refractivity contribution in [2.75, 3.05) is 12.8 Å². The first-order valence-electron chi connectivity index (χ1n) is 5.12. The SMILES string of the molecule is CC#CCCSc1cccc(CNC)c1. The van der Waals surface area contributed by atoms with Gasteiger partial charge in [-0.1, -0.05) is 12.1 Å². The van der Waals surface area contributed by atoms with Crippen LogP contribution >= 0.6 is 11.8 Å². The van der Waals surface area contributed by atoms with Gasteiger partial charge in [0.2, 0.25) is 0 Å². The highest BCUT2D eigenvalue weighted by molar-refractivity contribution is 7.99. The third-order valence-corrected chi connectivity index (χ3v) is 2.95. The van der Waals surface area contributed by atoms with Crippen LogP contribution in [0.4, 0.5) is 0 Å². The fraction of sp³-hybridized carbons (Fsp3) is 0.385. The molecule has 0 aliphatic heterocycles. The zero-order chi connectivity index (χ0) is 10.9. The summed E-state index contributed by atoms with van der Waals surface area (Å²) in [5.41, 5.74) is 1.34. The fourth-order valence-corrected chi connectivity index (χ4v) is 2.14. The molecule has 1 nitrogen and oxygen atoms in total. The van der Waals surface area contributed by atoms with Gasteiger partial charge in [-0.2, -0.15) is 0 Å². The average molecular weight is 219 g/mol. The Morgan fingerprint density at radius 1 is 1.40 bits per heavy atom. The van der Waals surface area contributed by atoms with Gasteiger partial charge in [0.15, 0.2) is 0 Å². The van der Waals surface area contributed by atoms with Crippen molar-refractivity contribution in [2.24, 2.45) is 0 Å². The Labute approximate surface area is 96.7 Å². The van der Waals surface area contributed by atoms with E-state index in [1.165, 1.54) is 10.5 Å². The standard InChI is InChI=1S/C13H17NS/c1-3-4-5-9-15-13-8-6-7-12(10-13)11-14-2/h6-8,10,14H,5,9,11H2,1-2H3. The third-order valence-electron chi connectivity index (χ3n) is 1.95. The number of benzene rings is 1. The molecule has 0 heterocycles. The van der Waals surface area contributed by atoms with E-state index < -0.39 is 0 Å². The summed E-state index contributed by atoms with van der Waals surface area (Å²) in [4.78, 5) is 1.33. The van der Waals surface area contributed by atoms with E-state index in [2.05, 4.69) is 41.4 Å². The maximum atomic E-state index is 3.16. The van der Waals surface area contributed by atoms with E-state index >= 15 is 0 Å². The van der Waals surface area contributed by atoms with Gasteiger partial charge in [0.25, 0.3) is 0 Å². The van der Waals surface area contributed by atoms with Crippen LogP contribution in [0.15, 0.2) is 29.2 Å². The average Bonchev–Trinajstić information content (AvgIpc) is 2.26. The Balaban J connectivity index is 2.45. The van der Waals surface area contributed by atoms with Crippen LogP contribution in [0.1, 0.15) is 18.9 Å². The largest absolute Gasteiger partial charge is 0.316 e. The van der Waals surface area contributed by atoms with E-state index in [-0.39, 0.29) is 0 Å². The Hall–Kier alpha value is -0.910. The highest BCUT2D eigenvalue weighted by atomic mass is 32.2. The van der Waals surface area contributed by atoms with E-state index in [9.17, 15) is 0 Å². The van der Waals surface area contributed by atoms with E-state index in [1.807, 2.05) is 25.7 Å². The first-order chi connectivity index (χ1) is 7.36. The summed E-state index contributed by atoms with van der Waals surface area (Å²) in [6.07, 6.45) is 0.970. The molecule has 0 aromatic heterocycles. The van der Waals surface area contributed by atoms with Gasteiger partial charge in [0, 0.05) is 23.6 Å². The Kier molecular flexibility index (Phi) is 5.99. The zero-order valence-corrected chi connectivity index (χ0v) is 10.2. The summed E-state index contributed by atoms with van der Waals surface area (Å²) in [6, 6.07) is 8.65. The maximum Gasteiger partial charge on any atom is 0.0202 e. The second-order valence-electron chi connectivity index (χ2n) is 3.20. The molecule has 80 valence electrons. The molecule has 0 bridgehead atoms. The second kappa shape index (κ2) is 7.39. The molecular formula is C13H17NS. The lowest BCUT2D eigenvalue weighted by Gasteiger charge is -2.03. The summed E-state index contributed by atoms with van der Waals surface area (Å²) < 4.78 is 0. The van der Waals surface area contributed by atoms with Gasteiger partial charge in [-0.25, -0.2) is 0 Å². The van der Waals surface area contributed by atoms with Gasteiger partial charge in [0.1, 0.15) is 0 Å². The van der Waals surface area contributed by atoms with Gasteiger partial charge in [0.05, 0.1) is 0 Å². The van der Waals surface area contributed by atoms with Crippen LogP contribution in [-0.2, 0) is 6.54 Å². The van der Waals surface area contributed by atoms with Gasteiger partial charge < -0.3 is 5.32 Å². The first-order valence-corrected chi connectivity index (χ1v) is 6.11. The minimum absolute atomic E-state index is 0.934. The third kappa shape index (κ3) is 4.92. The molecule has 2 heteroatoms. The van der Waals surface area contributed by atoms with Crippen LogP contribution in [0.5, 0.6) is 0 Å². The molecule has 0 amide bonds. The Morgan fingerprint density at radius 2 is 2.27 bits per heavy atom. The van der Waals surface area contributed by atoms with Crippen molar-refractivity contribution in [1.82, 2.24) is 5.32 Å². The topological polar surface area (TPSA) is 12.0 Å². The smallest absolute Gasteiger partial charge is 0.0202 e. The predicted molar refractivity (Wildman–Crippen MR) is 68.0 cm³/mol. The van der Waals surface area contributed by atoms with Gasteiger partial charge in [-0.3, -0.25) is 0 Å². The van der Waals surface area contributed by atoms with E-state index in [0.717, 1.165) is 18.7 Å². The highest BCUT2D eigenvalue weighted by Gasteiger charge is 1.95. The van der Waals surface area contributed by atoms with Crippen LogP contribution in [0.3, 0.4) is 0 Å². The van der Waals surface area contributed by atoms with Crippen molar-refractivity contribution >= 4 is 11.8 Å². The summed E-state index contributed by atoms with van der Waals surface area (Å²) in [6.45, 7) is 2.82. The quantitative estimate of drug-likeness (QED) is 0.464. The molecule has 0 saturated carbocycles. The van der Waals surface area contributed by atoms with E-state index in [4.69, 9.17) is 0 Å². The fourth-order valence-electron chi connectivity index (χ4n) is 1.29. The molecular weight excluding hydrogens is 202 g/mol. The molecule has 1 aromatic carbocycles. The lowest BCUT2D eigenvalue weighted by molar-refractivity contribution is 0.815. The minimum atomic E-state index is 0.934. The normalized spacial score (nSPS) is 9.47. The van der Waals surface area contributed by atoms with Crippen molar-refractivity contribution in [3.8, 4) is 11.8 Å². The van der Waals surface area contributed by atoms with E-state index in [1.54, 1.807) is 0 Å². The van der Waals surface area contributed by atoms with Gasteiger partial charge >= 0.3 is 0 Å². The lowest BCUT2D eigenvalue weighted by atomic mass is 10.2. The number of nitrogens with one attached hydrogen (secondary N) is 1. The van der Waals surface area contributed by atoms with Crippen LogP contribution in [-0.4, -0.2) is 12.8 Å². The monoisotopic (exact) mass is 219 g/mol.